The molecule has 2 amide bonds. The molecule has 192 valence electrons. The number of aliphatic imine (C=N–C) groups is 1. The Morgan fingerprint density at radius 1 is 1.22 bits per heavy atom. The summed E-state index contributed by atoms with van der Waals surface area (Å²) in [5.74, 6) is -1.65. The molecule has 1 atom stereocenters. The molecular weight excluding hydrogens is 558 g/mol. The van der Waals surface area contributed by atoms with Crippen LogP contribution in [-0.4, -0.2) is 60.2 Å². The molecule has 0 aromatic heterocycles. The van der Waals surface area contributed by atoms with E-state index in [1.165, 1.54) is 30.3 Å². The number of hydrogen-bond acceptors (Lipinski definition) is 9. The quantitative estimate of drug-likeness (QED) is 0.246. The van der Waals surface area contributed by atoms with Crippen molar-refractivity contribution < 1.29 is 29.3 Å². The average molecular weight is 583 g/mol. The fourth-order valence-electron chi connectivity index (χ4n) is 3.42. The van der Waals surface area contributed by atoms with Gasteiger partial charge in [0.25, 0.3) is 5.91 Å². The van der Waals surface area contributed by atoms with Crippen LogP contribution >= 0.6 is 27.5 Å². The third-order valence-electron chi connectivity index (χ3n) is 4.97. The summed E-state index contributed by atoms with van der Waals surface area (Å²) in [4.78, 5) is 41.6. The van der Waals surface area contributed by atoms with E-state index < -0.39 is 30.4 Å². The Hall–Kier alpha value is -3.51. The van der Waals surface area contributed by atoms with E-state index in [0.717, 1.165) is 0 Å². The molecule has 0 bridgehead atoms. The summed E-state index contributed by atoms with van der Waals surface area (Å²) < 4.78 is 5.26. The lowest BCUT2D eigenvalue weighted by Gasteiger charge is -2.20. The highest BCUT2D eigenvalue weighted by Crippen LogP contribution is 2.36. The van der Waals surface area contributed by atoms with Crippen LogP contribution < -0.4 is 21.3 Å². The van der Waals surface area contributed by atoms with Gasteiger partial charge in [-0.3, -0.25) is 19.4 Å². The number of hydrogen-bond donors (Lipinski definition) is 6. The van der Waals surface area contributed by atoms with Gasteiger partial charge in [-0.15, -0.1) is 0 Å². The first-order valence-corrected chi connectivity index (χ1v) is 12.1. The SMILES string of the molecule is CCOC(=O)C[C@@H](NC(=O)CNC(=O)c1cc(O)cc(NC2=NCCN2)c1)c1cc(Cl)cc(Br)c1O. The first kappa shape index (κ1) is 27.1. The number of carbonyl (C=O) groups excluding carboxylic acids is 3. The molecule has 0 spiro atoms. The Bertz CT molecular complexity index is 1190. The maximum Gasteiger partial charge on any atom is 0.308 e. The van der Waals surface area contributed by atoms with Gasteiger partial charge in [-0.25, -0.2) is 0 Å². The highest BCUT2D eigenvalue weighted by molar-refractivity contribution is 9.10. The number of anilines is 1. The number of ether oxygens (including phenoxy) is 1. The number of benzene rings is 2. The molecule has 0 aliphatic carbocycles. The Kier molecular flexibility index (Phi) is 9.37. The van der Waals surface area contributed by atoms with Gasteiger partial charge in [0.1, 0.15) is 11.5 Å². The Morgan fingerprint density at radius 3 is 2.69 bits per heavy atom. The van der Waals surface area contributed by atoms with Crippen LogP contribution in [0.1, 0.15) is 35.3 Å². The van der Waals surface area contributed by atoms with Gasteiger partial charge in [-0.1, -0.05) is 11.6 Å². The first-order valence-electron chi connectivity index (χ1n) is 11.0. The average Bonchev–Trinajstić information content (AvgIpc) is 3.32. The zero-order chi connectivity index (χ0) is 26.2. The van der Waals surface area contributed by atoms with E-state index in [1.807, 2.05) is 0 Å². The minimum Gasteiger partial charge on any atom is -0.508 e. The summed E-state index contributed by atoms with van der Waals surface area (Å²) in [7, 11) is 0. The molecule has 0 saturated heterocycles. The molecule has 11 nitrogen and oxygen atoms in total. The summed E-state index contributed by atoms with van der Waals surface area (Å²) >= 11 is 9.27. The molecule has 36 heavy (non-hydrogen) atoms. The van der Waals surface area contributed by atoms with E-state index in [-0.39, 0.29) is 45.1 Å². The summed E-state index contributed by atoms with van der Waals surface area (Å²) in [6.45, 7) is 2.65. The molecule has 13 heteroatoms. The minimum atomic E-state index is -0.972. The van der Waals surface area contributed by atoms with Gasteiger partial charge >= 0.3 is 5.97 Å². The lowest BCUT2D eigenvalue weighted by molar-refractivity contribution is -0.143. The minimum absolute atomic E-state index is 0.114. The second-order valence-corrected chi connectivity index (χ2v) is 8.98. The first-order chi connectivity index (χ1) is 17.2. The van der Waals surface area contributed by atoms with Crippen molar-refractivity contribution in [3.8, 4) is 11.5 Å². The maximum atomic E-state index is 12.7. The number of aromatic hydroxyl groups is 2. The van der Waals surface area contributed by atoms with E-state index in [4.69, 9.17) is 16.3 Å². The smallest absolute Gasteiger partial charge is 0.308 e. The fourth-order valence-corrected chi connectivity index (χ4v) is 4.25. The summed E-state index contributed by atoms with van der Waals surface area (Å²) in [5.41, 5.74) is 0.756. The van der Waals surface area contributed by atoms with E-state index >= 15 is 0 Å². The van der Waals surface area contributed by atoms with Crippen LogP contribution in [0.15, 0.2) is 39.8 Å². The van der Waals surface area contributed by atoms with E-state index in [1.54, 1.807) is 6.92 Å². The number of esters is 1. The van der Waals surface area contributed by atoms with Crippen LogP contribution in [0, 0.1) is 0 Å². The van der Waals surface area contributed by atoms with Crippen molar-refractivity contribution in [2.45, 2.75) is 19.4 Å². The number of guanidine groups is 1. The standard InChI is InChI=1S/C23H25BrClN5O6/c1-2-36-20(33)10-18(16-7-13(25)8-17(24)21(16)34)30-19(32)11-28-22(35)12-5-14(9-15(31)6-12)29-23-26-3-4-27-23/h5-9,18,31,34H,2-4,10-11H2,1H3,(H,28,35)(H,30,32)(H2,26,27,29)/t18-/m1/s1. The second kappa shape index (κ2) is 12.5. The number of phenolic OH excluding ortho intramolecular Hbond substituents is 2. The zero-order valence-corrected chi connectivity index (χ0v) is 21.6. The molecule has 1 heterocycles. The predicted molar refractivity (Wildman–Crippen MR) is 137 cm³/mol. The van der Waals surface area contributed by atoms with Crippen LogP contribution in [0.5, 0.6) is 11.5 Å². The van der Waals surface area contributed by atoms with Crippen molar-refractivity contribution in [3.63, 3.8) is 0 Å². The van der Waals surface area contributed by atoms with Crippen LogP contribution in [-0.2, 0) is 14.3 Å². The van der Waals surface area contributed by atoms with Gasteiger partial charge in [0.15, 0.2) is 5.96 Å². The molecule has 3 rings (SSSR count). The molecule has 0 fully saturated rings. The predicted octanol–water partition coefficient (Wildman–Crippen LogP) is 2.43. The molecule has 1 aliphatic rings. The van der Waals surface area contributed by atoms with E-state index in [2.05, 4.69) is 42.2 Å². The lowest BCUT2D eigenvalue weighted by atomic mass is 10.0. The molecule has 2 aromatic carbocycles. The fraction of sp³-hybridized carbons (Fsp3) is 0.304. The second-order valence-electron chi connectivity index (χ2n) is 7.69. The normalized spacial score (nSPS) is 13.2. The van der Waals surface area contributed by atoms with Gasteiger partial charge in [0.05, 0.1) is 36.6 Å². The van der Waals surface area contributed by atoms with E-state index in [0.29, 0.717) is 24.7 Å². The van der Waals surface area contributed by atoms with E-state index in [9.17, 15) is 24.6 Å². The van der Waals surface area contributed by atoms with Crippen molar-refractivity contribution in [1.82, 2.24) is 16.0 Å². The number of amides is 2. The van der Waals surface area contributed by atoms with Crippen LogP contribution in [0.25, 0.3) is 0 Å². The monoisotopic (exact) mass is 581 g/mol. The summed E-state index contributed by atoms with van der Waals surface area (Å²) in [6, 6.07) is 6.11. The molecule has 0 radical (unpaired) electrons. The van der Waals surface area contributed by atoms with Gasteiger partial charge in [0, 0.05) is 34.4 Å². The third-order valence-corrected chi connectivity index (χ3v) is 5.79. The van der Waals surface area contributed by atoms with Crippen molar-refractivity contribution >= 4 is 57.0 Å². The topological polar surface area (TPSA) is 161 Å². The lowest BCUT2D eigenvalue weighted by Crippen LogP contribution is -2.39. The Labute approximate surface area is 220 Å². The summed E-state index contributed by atoms with van der Waals surface area (Å²) in [6.07, 6.45) is -0.270. The molecule has 6 N–H and O–H groups in total. The molecule has 2 aromatic rings. The van der Waals surface area contributed by atoms with Crippen LogP contribution in [0.4, 0.5) is 5.69 Å². The highest BCUT2D eigenvalue weighted by Gasteiger charge is 2.24. The molecular formula is C23H25BrClN5O6. The van der Waals surface area contributed by atoms with Crippen molar-refractivity contribution in [3.05, 3.63) is 51.0 Å². The highest BCUT2D eigenvalue weighted by atomic mass is 79.9. The maximum absolute atomic E-state index is 12.7. The molecule has 0 unspecified atom stereocenters. The number of nitrogens with zero attached hydrogens (tertiary/aromatic N) is 1. The number of rotatable bonds is 9. The number of halogens is 2. The molecule has 0 saturated carbocycles. The number of nitrogens with one attached hydrogen (secondary N) is 4. The van der Waals surface area contributed by atoms with Crippen molar-refractivity contribution in [2.75, 3.05) is 31.6 Å². The van der Waals surface area contributed by atoms with Gasteiger partial charge in [0.2, 0.25) is 5.91 Å². The van der Waals surface area contributed by atoms with Crippen molar-refractivity contribution in [1.29, 1.82) is 0 Å². The Balaban J connectivity index is 1.68. The van der Waals surface area contributed by atoms with Crippen molar-refractivity contribution in [2.24, 2.45) is 4.99 Å². The van der Waals surface area contributed by atoms with Gasteiger partial charge in [-0.05, 0) is 47.1 Å². The molecule has 1 aliphatic heterocycles. The van der Waals surface area contributed by atoms with Gasteiger partial charge in [-0.2, -0.15) is 0 Å². The third kappa shape index (κ3) is 7.49. The number of carbonyl (C=O) groups is 3. The Morgan fingerprint density at radius 2 is 2.00 bits per heavy atom. The van der Waals surface area contributed by atoms with Crippen LogP contribution in [0.2, 0.25) is 5.02 Å². The van der Waals surface area contributed by atoms with Gasteiger partial charge < -0.3 is 36.2 Å². The largest absolute Gasteiger partial charge is 0.508 e. The summed E-state index contributed by atoms with van der Waals surface area (Å²) in [5, 5.41) is 31.8. The zero-order valence-electron chi connectivity index (χ0n) is 19.2. The van der Waals surface area contributed by atoms with Crippen LogP contribution in [0.3, 0.4) is 0 Å². The number of phenols is 2.